The first-order valence-corrected chi connectivity index (χ1v) is 15.8. The first kappa shape index (κ1) is 27.3. The third-order valence-electron chi connectivity index (χ3n) is 12.0. The maximum Gasteiger partial charge on any atom is 0.219 e. The Morgan fingerprint density at radius 1 is 1.15 bits per heavy atom. The van der Waals surface area contributed by atoms with Crippen LogP contribution in [0.5, 0.6) is 11.5 Å². The van der Waals surface area contributed by atoms with Gasteiger partial charge in [-0.2, -0.15) is 0 Å². The van der Waals surface area contributed by atoms with Gasteiger partial charge in [0, 0.05) is 56.6 Å². The van der Waals surface area contributed by atoms with Gasteiger partial charge in [-0.15, -0.1) is 0 Å². The molecule has 0 unspecified atom stereocenters. The summed E-state index contributed by atoms with van der Waals surface area (Å²) in [5, 5.41) is 0. The molecule has 0 aromatic heterocycles. The highest BCUT2D eigenvalue weighted by Crippen LogP contribution is 2.73. The Morgan fingerprint density at radius 2 is 1.93 bits per heavy atom. The van der Waals surface area contributed by atoms with Crippen LogP contribution >= 0.6 is 0 Å². The van der Waals surface area contributed by atoms with Gasteiger partial charge < -0.3 is 19.1 Å². The van der Waals surface area contributed by atoms with Gasteiger partial charge in [-0.25, -0.2) is 0 Å². The topological polar surface area (TPSA) is 51.2 Å². The van der Waals surface area contributed by atoms with Crippen LogP contribution in [-0.2, 0) is 27.9 Å². The van der Waals surface area contributed by atoms with Crippen molar-refractivity contribution in [2.75, 3.05) is 33.9 Å². The van der Waals surface area contributed by atoms with Gasteiger partial charge in [-0.3, -0.25) is 9.69 Å². The molecular weight excluding hydrogens is 512 g/mol. The molecule has 1 spiro atoms. The summed E-state index contributed by atoms with van der Waals surface area (Å²) < 4.78 is 19.7. The molecule has 6 nitrogen and oxygen atoms in total. The first-order chi connectivity index (χ1) is 19.8. The third-order valence-corrected chi connectivity index (χ3v) is 12.0. The quantitative estimate of drug-likeness (QED) is 0.401. The van der Waals surface area contributed by atoms with Crippen LogP contribution in [0.1, 0.15) is 69.6 Å². The Labute approximate surface area is 245 Å². The van der Waals surface area contributed by atoms with Crippen molar-refractivity contribution >= 4 is 5.91 Å². The number of benzene rings is 2. The maximum absolute atomic E-state index is 13.1. The monoisotopic (exact) mass is 558 g/mol. The highest BCUT2D eigenvalue weighted by Gasteiger charge is 2.76. The number of hydrogen-bond acceptors (Lipinski definition) is 5. The van der Waals surface area contributed by atoms with Crippen LogP contribution in [0, 0.1) is 17.3 Å². The zero-order valence-corrected chi connectivity index (χ0v) is 25.4. The molecule has 2 aromatic rings. The van der Waals surface area contributed by atoms with Crippen molar-refractivity contribution in [3.05, 3.63) is 59.2 Å². The number of likely N-dealkylation sites (tertiary alicyclic amines) is 1. The standard InChI is InChI=1S/C35H46N2O4/c1-6-34-19-27(22-37(23(2)38)21-24-10-8-7-9-11-24)33(3,40-5)32-35(34)16-17-36(20-25-12-13-25)29(34)18-26-14-15-28(39-4)31(41-32)30(26)35/h7-11,14-15,25,27,29,32H,6,12-13,16-22H2,1-5H3/t27-,29-,32+,33-,34-,35+/m1/s1. The molecule has 3 aliphatic carbocycles. The number of methoxy groups -OCH3 is 2. The van der Waals surface area contributed by atoms with Gasteiger partial charge in [-0.05, 0) is 80.5 Å². The smallest absolute Gasteiger partial charge is 0.219 e. The summed E-state index contributed by atoms with van der Waals surface area (Å²) in [4.78, 5) is 18.0. The third kappa shape index (κ3) is 3.78. The zero-order valence-electron chi connectivity index (χ0n) is 25.4. The number of carbonyl (C=O) groups is 1. The SMILES string of the molecule is CC[C@]12C[C@H](CN(Cc3ccccc3)C(C)=O)[C@@](C)(OC)[C@@H]3Oc4c(OC)ccc5c4[C@@]31CCN(CC1CC1)[C@@H]2C5. The lowest BCUT2D eigenvalue weighted by molar-refractivity contribution is -0.233. The number of amides is 1. The molecule has 0 radical (unpaired) electrons. The van der Waals surface area contributed by atoms with Crippen molar-refractivity contribution in [1.82, 2.24) is 9.80 Å². The Kier molecular flexibility index (Phi) is 6.48. The van der Waals surface area contributed by atoms with Gasteiger partial charge in [0.15, 0.2) is 11.5 Å². The minimum absolute atomic E-state index is 0.0351. The van der Waals surface area contributed by atoms with Gasteiger partial charge in [0.25, 0.3) is 0 Å². The molecular formula is C35H46N2O4. The Hall–Kier alpha value is -2.57. The van der Waals surface area contributed by atoms with Gasteiger partial charge in [0.05, 0.1) is 7.11 Å². The molecule has 2 aliphatic heterocycles. The van der Waals surface area contributed by atoms with Gasteiger partial charge in [0.2, 0.25) is 5.91 Å². The summed E-state index contributed by atoms with van der Waals surface area (Å²) in [6.45, 7) is 9.96. The van der Waals surface area contributed by atoms with Crippen LogP contribution in [0.25, 0.3) is 0 Å². The van der Waals surface area contributed by atoms with Crippen molar-refractivity contribution in [2.45, 2.75) is 89.0 Å². The second-order valence-corrected chi connectivity index (χ2v) is 13.7. The van der Waals surface area contributed by atoms with Crippen molar-refractivity contribution in [3.8, 4) is 11.5 Å². The van der Waals surface area contributed by atoms with E-state index in [4.69, 9.17) is 14.2 Å². The average Bonchev–Trinajstić information content (AvgIpc) is 3.73. The van der Waals surface area contributed by atoms with Crippen LogP contribution in [0.4, 0.5) is 0 Å². The summed E-state index contributed by atoms with van der Waals surface area (Å²) in [6.07, 6.45) is 6.84. The number of rotatable bonds is 9. The lowest BCUT2D eigenvalue weighted by Gasteiger charge is -2.70. The van der Waals surface area contributed by atoms with E-state index in [1.54, 1.807) is 14.0 Å². The highest BCUT2D eigenvalue weighted by atomic mass is 16.6. The molecule has 41 heavy (non-hydrogen) atoms. The van der Waals surface area contributed by atoms with E-state index in [9.17, 15) is 4.79 Å². The van der Waals surface area contributed by atoms with E-state index in [1.807, 2.05) is 18.1 Å². The summed E-state index contributed by atoms with van der Waals surface area (Å²) in [6, 6.07) is 15.2. The van der Waals surface area contributed by atoms with E-state index < -0.39 is 5.60 Å². The first-order valence-electron chi connectivity index (χ1n) is 15.8. The molecule has 3 fully saturated rings. The van der Waals surface area contributed by atoms with E-state index in [0.717, 1.165) is 55.2 Å². The van der Waals surface area contributed by atoms with Crippen LogP contribution < -0.4 is 9.47 Å². The molecule has 1 amide bonds. The summed E-state index contributed by atoms with van der Waals surface area (Å²) in [5.74, 6) is 2.86. The minimum Gasteiger partial charge on any atom is -0.493 e. The second-order valence-electron chi connectivity index (χ2n) is 13.7. The fraction of sp³-hybridized carbons (Fsp3) is 0.629. The van der Waals surface area contributed by atoms with E-state index >= 15 is 0 Å². The molecule has 2 bridgehead atoms. The van der Waals surface area contributed by atoms with Crippen molar-refractivity contribution in [1.29, 1.82) is 0 Å². The Morgan fingerprint density at radius 3 is 2.59 bits per heavy atom. The minimum atomic E-state index is -0.565. The lowest BCUT2D eigenvalue weighted by atomic mass is 9.39. The van der Waals surface area contributed by atoms with E-state index in [2.05, 4.69) is 55.1 Å². The molecule has 2 aromatic carbocycles. The summed E-state index contributed by atoms with van der Waals surface area (Å²) in [5.41, 5.74) is 3.33. The molecule has 2 heterocycles. The number of carbonyl (C=O) groups excluding carboxylic acids is 1. The highest BCUT2D eigenvalue weighted by molar-refractivity contribution is 5.73. The van der Waals surface area contributed by atoms with Crippen molar-refractivity contribution in [2.24, 2.45) is 17.3 Å². The molecule has 7 rings (SSSR count). The van der Waals surface area contributed by atoms with E-state index in [-0.39, 0.29) is 28.8 Å². The van der Waals surface area contributed by atoms with Crippen molar-refractivity contribution in [3.63, 3.8) is 0 Å². The molecule has 0 N–H and O–H groups in total. The number of nitrogens with zero attached hydrogens (tertiary/aromatic N) is 2. The number of piperidine rings is 1. The Bertz CT molecular complexity index is 1330. The Balaban J connectivity index is 1.36. The molecule has 5 aliphatic rings. The predicted molar refractivity (Wildman–Crippen MR) is 159 cm³/mol. The van der Waals surface area contributed by atoms with Gasteiger partial charge in [0.1, 0.15) is 11.7 Å². The fourth-order valence-corrected chi connectivity index (χ4v) is 9.78. The fourth-order valence-electron chi connectivity index (χ4n) is 9.78. The lowest BCUT2D eigenvalue weighted by Crippen LogP contribution is -2.77. The molecule has 6 atom stereocenters. The predicted octanol–water partition coefficient (Wildman–Crippen LogP) is 5.60. The largest absolute Gasteiger partial charge is 0.493 e. The van der Waals surface area contributed by atoms with Crippen LogP contribution in [0.3, 0.4) is 0 Å². The maximum atomic E-state index is 13.1. The van der Waals surface area contributed by atoms with Crippen LogP contribution in [-0.4, -0.2) is 67.3 Å². The van der Waals surface area contributed by atoms with Crippen molar-refractivity contribution < 1.29 is 19.0 Å². The van der Waals surface area contributed by atoms with Gasteiger partial charge >= 0.3 is 0 Å². The zero-order chi connectivity index (χ0) is 28.6. The van der Waals surface area contributed by atoms with Crippen LogP contribution in [0.2, 0.25) is 0 Å². The molecule has 6 heteroatoms. The molecule has 2 saturated carbocycles. The normalized spacial score (nSPS) is 35.0. The average molecular weight is 559 g/mol. The second kappa shape index (κ2) is 9.74. The number of ether oxygens (including phenoxy) is 3. The molecule has 220 valence electrons. The van der Waals surface area contributed by atoms with E-state index in [1.165, 1.54) is 30.5 Å². The van der Waals surface area contributed by atoms with Crippen LogP contribution in [0.15, 0.2) is 42.5 Å². The molecule has 1 saturated heterocycles. The van der Waals surface area contributed by atoms with Gasteiger partial charge in [-0.1, -0.05) is 43.3 Å². The summed E-state index contributed by atoms with van der Waals surface area (Å²) in [7, 11) is 3.61. The number of hydrogen-bond donors (Lipinski definition) is 0. The summed E-state index contributed by atoms with van der Waals surface area (Å²) >= 11 is 0. The van der Waals surface area contributed by atoms with E-state index in [0.29, 0.717) is 19.1 Å².